The van der Waals surface area contributed by atoms with Gasteiger partial charge in [-0.25, -0.2) is 4.79 Å². The fourth-order valence-corrected chi connectivity index (χ4v) is 5.31. The summed E-state index contributed by atoms with van der Waals surface area (Å²) in [6.45, 7) is 5.03. The number of nitrogens with one attached hydrogen (secondary N) is 1. The topological polar surface area (TPSA) is 133 Å². The average Bonchev–Trinajstić information content (AvgIpc) is 3.12. The maximum atomic E-state index is 13.1. The van der Waals surface area contributed by atoms with Crippen molar-refractivity contribution in [3.8, 4) is 0 Å². The van der Waals surface area contributed by atoms with Crippen LogP contribution in [0.25, 0.3) is 0 Å². The van der Waals surface area contributed by atoms with Gasteiger partial charge in [0.1, 0.15) is 6.04 Å². The molecule has 1 aromatic rings. The van der Waals surface area contributed by atoms with Gasteiger partial charge in [-0.3, -0.25) is 29.0 Å². The van der Waals surface area contributed by atoms with Crippen LogP contribution in [0.4, 0.5) is 0 Å². The van der Waals surface area contributed by atoms with Crippen molar-refractivity contribution in [1.29, 1.82) is 0 Å². The zero-order valence-electron chi connectivity index (χ0n) is 21.4. The van der Waals surface area contributed by atoms with E-state index in [9.17, 15) is 29.1 Å². The van der Waals surface area contributed by atoms with Gasteiger partial charge in [0.2, 0.25) is 11.8 Å². The first-order chi connectivity index (χ1) is 17.7. The number of carbonyl (C=O) groups is 5. The van der Waals surface area contributed by atoms with E-state index >= 15 is 0 Å². The molecule has 3 atom stereocenters. The minimum atomic E-state index is -1.30. The first-order valence-corrected chi connectivity index (χ1v) is 12.6. The Morgan fingerprint density at radius 3 is 2.11 bits per heavy atom. The van der Waals surface area contributed by atoms with Crippen LogP contribution in [0.3, 0.4) is 0 Å². The number of esters is 1. The lowest BCUT2D eigenvalue weighted by atomic mass is 9.65. The van der Waals surface area contributed by atoms with Gasteiger partial charge >= 0.3 is 11.9 Å². The van der Waals surface area contributed by atoms with Crippen LogP contribution in [0.1, 0.15) is 50.4 Å². The smallest absolute Gasteiger partial charge is 0.328 e. The minimum absolute atomic E-state index is 0.104. The molecule has 0 spiro atoms. The standard InChI is InChI=1S/C26H29Cl2N3O7/c1-25(2)15(8-9-26(25,3)24(36)37)21(33)29-18(23(35)38-4)14-19(32)30-10-12-31(13-11-30)22(34)20-16(27)6-5-7-17(20)28/h5-7,10-13,15,18H,8-9,14H2,1-4H3,(H,29,33)(H,36,37)/t15-,18+,26-/m1/s1. The number of carboxylic acids is 1. The van der Waals surface area contributed by atoms with Gasteiger partial charge in [-0.1, -0.05) is 43.1 Å². The maximum Gasteiger partial charge on any atom is 0.328 e. The molecule has 0 unspecified atom stereocenters. The Balaban J connectivity index is 1.69. The van der Waals surface area contributed by atoms with E-state index in [0.29, 0.717) is 12.8 Å². The van der Waals surface area contributed by atoms with Crippen molar-refractivity contribution in [2.75, 3.05) is 7.11 Å². The largest absolute Gasteiger partial charge is 0.481 e. The van der Waals surface area contributed by atoms with Gasteiger partial charge in [0, 0.05) is 30.7 Å². The number of rotatable bonds is 7. The fraction of sp³-hybridized carbons (Fsp3) is 0.423. The normalized spacial score (nSPS) is 22.6. The summed E-state index contributed by atoms with van der Waals surface area (Å²) in [4.78, 5) is 65.5. The predicted octanol–water partition coefficient (Wildman–Crippen LogP) is 3.80. The Labute approximate surface area is 230 Å². The predicted molar refractivity (Wildman–Crippen MR) is 139 cm³/mol. The van der Waals surface area contributed by atoms with Crippen LogP contribution >= 0.6 is 23.2 Å². The fourth-order valence-electron chi connectivity index (χ4n) is 4.75. The summed E-state index contributed by atoms with van der Waals surface area (Å²) in [5.74, 6) is -4.09. The molecule has 1 aromatic carbocycles. The second kappa shape index (κ2) is 11.2. The number of hydrogen-bond acceptors (Lipinski definition) is 6. The molecule has 2 aliphatic rings. The van der Waals surface area contributed by atoms with E-state index in [2.05, 4.69) is 5.32 Å². The molecule has 12 heteroatoms. The number of benzene rings is 1. The first-order valence-electron chi connectivity index (χ1n) is 11.8. The van der Waals surface area contributed by atoms with Crippen molar-refractivity contribution in [1.82, 2.24) is 15.1 Å². The highest BCUT2D eigenvalue weighted by Crippen LogP contribution is 2.56. The van der Waals surface area contributed by atoms with Crippen LogP contribution in [-0.2, 0) is 23.9 Å². The zero-order valence-corrected chi connectivity index (χ0v) is 22.9. The van der Waals surface area contributed by atoms with E-state index in [0.717, 1.165) is 12.0 Å². The van der Waals surface area contributed by atoms with Crippen LogP contribution < -0.4 is 5.32 Å². The summed E-state index contributed by atoms with van der Waals surface area (Å²) >= 11 is 12.2. The number of halogens is 2. The molecule has 0 bridgehead atoms. The molecule has 38 heavy (non-hydrogen) atoms. The van der Waals surface area contributed by atoms with E-state index in [1.807, 2.05) is 0 Å². The lowest BCUT2D eigenvalue weighted by Gasteiger charge is -2.38. The SMILES string of the molecule is COC(=O)[C@H](CC(=O)N1C=CN(C(=O)c2c(Cl)cccc2Cl)C=C1)NC(=O)[C@H]1CC[C@](C)(C(=O)O)C1(C)C. The number of ether oxygens (including phenoxy) is 1. The first kappa shape index (κ1) is 29.2. The summed E-state index contributed by atoms with van der Waals surface area (Å²) in [5.41, 5.74) is -1.91. The molecule has 1 heterocycles. The molecule has 1 fully saturated rings. The molecule has 0 radical (unpaired) electrons. The third-order valence-electron chi connectivity index (χ3n) is 7.67. The van der Waals surface area contributed by atoms with Crippen molar-refractivity contribution < 1.29 is 33.8 Å². The molecule has 0 saturated heterocycles. The van der Waals surface area contributed by atoms with Gasteiger partial charge in [0.25, 0.3) is 5.91 Å². The zero-order chi connectivity index (χ0) is 28.4. The Hall–Kier alpha value is -3.37. The number of aliphatic carboxylic acids is 1. The Kier molecular flexibility index (Phi) is 8.58. The third-order valence-corrected chi connectivity index (χ3v) is 8.30. The van der Waals surface area contributed by atoms with E-state index < -0.39 is 58.9 Å². The average molecular weight is 566 g/mol. The molecule has 3 rings (SSSR count). The molecule has 1 aliphatic carbocycles. The summed E-state index contributed by atoms with van der Waals surface area (Å²) in [7, 11) is 1.14. The highest BCUT2D eigenvalue weighted by molar-refractivity contribution is 6.39. The highest BCUT2D eigenvalue weighted by atomic mass is 35.5. The van der Waals surface area contributed by atoms with Gasteiger partial charge in [0.15, 0.2) is 0 Å². The number of methoxy groups -OCH3 is 1. The van der Waals surface area contributed by atoms with E-state index in [4.69, 9.17) is 27.9 Å². The molecule has 10 nitrogen and oxygen atoms in total. The number of amides is 3. The Morgan fingerprint density at radius 2 is 1.61 bits per heavy atom. The lowest BCUT2D eigenvalue weighted by molar-refractivity contribution is -0.156. The molecule has 3 amide bonds. The number of hydrogen-bond donors (Lipinski definition) is 2. The molecular weight excluding hydrogens is 537 g/mol. The monoisotopic (exact) mass is 565 g/mol. The Bertz CT molecular complexity index is 1190. The van der Waals surface area contributed by atoms with Crippen LogP contribution in [0.5, 0.6) is 0 Å². The molecule has 2 N–H and O–H groups in total. The van der Waals surface area contributed by atoms with E-state index in [-0.39, 0.29) is 15.6 Å². The number of carboxylic acid groups (broad SMARTS) is 1. The molecular formula is C26H29Cl2N3O7. The summed E-state index contributed by atoms with van der Waals surface area (Å²) in [6.07, 6.45) is 5.49. The minimum Gasteiger partial charge on any atom is -0.481 e. The summed E-state index contributed by atoms with van der Waals surface area (Å²) in [5, 5.41) is 12.6. The quantitative estimate of drug-likeness (QED) is 0.480. The van der Waals surface area contributed by atoms with Crippen molar-refractivity contribution in [2.45, 2.75) is 46.1 Å². The van der Waals surface area contributed by atoms with Gasteiger partial charge in [-0.15, -0.1) is 0 Å². The third kappa shape index (κ3) is 5.42. The van der Waals surface area contributed by atoms with E-state index in [1.165, 1.54) is 41.8 Å². The second-order valence-corrected chi connectivity index (χ2v) is 10.8. The second-order valence-electron chi connectivity index (χ2n) is 9.95. The molecule has 1 aliphatic heterocycles. The van der Waals surface area contributed by atoms with Gasteiger partial charge < -0.3 is 15.2 Å². The van der Waals surface area contributed by atoms with Gasteiger partial charge in [0.05, 0.1) is 34.6 Å². The summed E-state index contributed by atoms with van der Waals surface area (Å²) in [6, 6.07) is 3.38. The molecule has 1 saturated carbocycles. The van der Waals surface area contributed by atoms with Crippen molar-refractivity contribution in [3.63, 3.8) is 0 Å². The van der Waals surface area contributed by atoms with Crippen LogP contribution in [-0.4, -0.2) is 57.7 Å². The number of carbonyl (C=O) groups excluding carboxylic acids is 4. The summed E-state index contributed by atoms with van der Waals surface area (Å²) < 4.78 is 4.78. The van der Waals surface area contributed by atoms with E-state index in [1.54, 1.807) is 26.8 Å². The van der Waals surface area contributed by atoms with Gasteiger partial charge in [-0.05, 0) is 37.3 Å². The Morgan fingerprint density at radius 1 is 1.05 bits per heavy atom. The number of nitrogens with zero attached hydrogens (tertiary/aromatic N) is 2. The van der Waals surface area contributed by atoms with Crippen molar-refractivity contribution in [2.24, 2.45) is 16.7 Å². The lowest BCUT2D eigenvalue weighted by Crippen LogP contribution is -2.50. The van der Waals surface area contributed by atoms with Crippen molar-refractivity contribution in [3.05, 3.63) is 58.6 Å². The van der Waals surface area contributed by atoms with Crippen LogP contribution in [0.2, 0.25) is 10.0 Å². The molecule has 0 aromatic heterocycles. The molecule has 204 valence electrons. The van der Waals surface area contributed by atoms with Crippen LogP contribution in [0, 0.1) is 16.7 Å². The maximum absolute atomic E-state index is 13.1. The highest BCUT2D eigenvalue weighted by Gasteiger charge is 2.58. The van der Waals surface area contributed by atoms with Crippen molar-refractivity contribution >= 4 is 52.9 Å². The van der Waals surface area contributed by atoms with Gasteiger partial charge in [-0.2, -0.15) is 0 Å². The van der Waals surface area contributed by atoms with Crippen LogP contribution in [0.15, 0.2) is 43.0 Å².